The minimum atomic E-state index is -2.31. The van der Waals surface area contributed by atoms with Gasteiger partial charge in [0.2, 0.25) is 0 Å². The summed E-state index contributed by atoms with van der Waals surface area (Å²) in [5.41, 5.74) is 1.81. The van der Waals surface area contributed by atoms with E-state index in [0.29, 0.717) is 0 Å². The van der Waals surface area contributed by atoms with Crippen molar-refractivity contribution in [3.63, 3.8) is 0 Å². The zero-order chi connectivity index (χ0) is 21.3. The largest absolute Gasteiger partial charge is 3.00 e. The maximum Gasteiger partial charge on any atom is 3.00 e. The van der Waals surface area contributed by atoms with E-state index < -0.39 is 12.0 Å². The van der Waals surface area contributed by atoms with Crippen LogP contribution in [0.2, 0.25) is 36.5 Å². The van der Waals surface area contributed by atoms with E-state index in [1.807, 2.05) is 12.2 Å². The van der Waals surface area contributed by atoms with Crippen LogP contribution in [0, 0.1) is 6.08 Å². The monoisotopic (exact) mass is 719 g/mol. The van der Waals surface area contributed by atoms with Gasteiger partial charge in [0.1, 0.15) is 0 Å². The number of hydrogen-bond acceptors (Lipinski definition) is 0. The van der Waals surface area contributed by atoms with Gasteiger partial charge in [-0.3, -0.25) is 6.08 Å². The predicted octanol–water partition coefficient (Wildman–Crippen LogP) is 3.52. The molecule has 0 aromatic rings. The Morgan fingerprint density at radius 1 is 0.800 bits per heavy atom. The van der Waals surface area contributed by atoms with Crippen LogP contribution in [-0.2, 0) is 26.2 Å². The molecular weight excluding hydrogens is 691 g/mol. The van der Waals surface area contributed by atoms with Crippen molar-refractivity contribution >= 4 is 96.1 Å². The summed E-state index contributed by atoms with van der Waals surface area (Å²) >= 11 is 34.8. The SMILES string of the molecule is CCCC[Si](C)C[Si](Cl)(Cl)Cl.CCCC[Si](C)C[Si](Cl)(Cl)Cl.[C-]1=CC=CC1.[Cl-].[Cl-].[Zr+3]. The molecule has 0 saturated heterocycles. The van der Waals surface area contributed by atoms with Crippen molar-refractivity contribution in [2.75, 3.05) is 0 Å². The first-order valence-electron chi connectivity index (χ1n) is 9.39. The molecule has 1 aliphatic rings. The second-order valence-corrected chi connectivity index (χ2v) is 31.9. The summed E-state index contributed by atoms with van der Waals surface area (Å²) in [7, 11) is -0.688. The van der Waals surface area contributed by atoms with Crippen molar-refractivity contribution in [1.29, 1.82) is 0 Å². The van der Waals surface area contributed by atoms with E-state index in [1.165, 1.54) is 37.8 Å². The third-order valence-electron chi connectivity index (χ3n) is 3.50. The molecule has 0 spiro atoms. The summed E-state index contributed by atoms with van der Waals surface area (Å²) in [4.78, 5) is 0. The van der Waals surface area contributed by atoms with Crippen LogP contribution in [0.3, 0.4) is 0 Å². The fraction of sp³-hybridized carbons (Fsp3) is 0.765. The Morgan fingerprint density at radius 3 is 1.33 bits per heavy atom. The van der Waals surface area contributed by atoms with Crippen LogP contribution in [0.5, 0.6) is 0 Å². The summed E-state index contributed by atoms with van der Waals surface area (Å²) in [5.74, 6) is 0. The fourth-order valence-electron chi connectivity index (χ4n) is 2.16. The Bertz CT molecular complexity index is 368. The Labute approximate surface area is 251 Å². The fourth-order valence-corrected chi connectivity index (χ4v) is 23.3. The first-order chi connectivity index (χ1) is 12.4. The number of allylic oxidation sites excluding steroid dienone is 4. The minimum Gasteiger partial charge on any atom is -1.00 e. The molecule has 0 aliphatic heterocycles. The number of unbranched alkanes of at least 4 members (excludes halogenated alkanes) is 2. The van der Waals surface area contributed by atoms with E-state index in [1.54, 1.807) is 0 Å². The molecule has 0 bridgehead atoms. The van der Waals surface area contributed by atoms with E-state index in [2.05, 4.69) is 39.1 Å². The van der Waals surface area contributed by atoms with Gasteiger partial charge in [-0.15, -0.1) is 72.9 Å². The van der Waals surface area contributed by atoms with Gasteiger partial charge in [0.15, 0.2) is 0 Å². The smallest absolute Gasteiger partial charge is 1.00 e. The van der Waals surface area contributed by atoms with Gasteiger partial charge in [-0.05, 0) is 11.3 Å². The Hall–Kier alpha value is 3.55. The predicted molar refractivity (Wildman–Crippen MR) is 140 cm³/mol. The topological polar surface area (TPSA) is 0 Å². The quantitative estimate of drug-likeness (QED) is 0.184. The van der Waals surface area contributed by atoms with Gasteiger partial charge in [-0.1, -0.05) is 64.7 Å². The van der Waals surface area contributed by atoms with Crippen LogP contribution < -0.4 is 24.8 Å². The molecular formula is C17H33Cl8Si4Zr. The zero-order valence-electron chi connectivity index (χ0n) is 18.1. The standard InChI is InChI=1S/2C6H14Cl3Si2.C5H5.2ClH.Zr/c2*1-3-4-5-10(2)6-11(7,8)9;1-2-4-5-3-1;;;/h2*3-6H2,1-2H3;1-3H,4H2;2*1H;/q;;-1;;;+3/p-2. The van der Waals surface area contributed by atoms with Gasteiger partial charge in [0.25, 0.3) is 0 Å². The van der Waals surface area contributed by atoms with Crippen LogP contribution in [0.25, 0.3) is 0 Å². The molecule has 30 heavy (non-hydrogen) atoms. The van der Waals surface area contributed by atoms with Gasteiger partial charge in [-0.25, -0.2) is 12.2 Å². The molecule has 1 aliphatic carbocycles. The van der Waals surface area contributed by atoms with Crippen LogP contribution in [0.15, 0.2) is 18.2 Å². The first kappa shape index (κ1) is 43.6. The van der Waals surface area contributed by atoms with Crippen molar-refractivity contribution in [3.8, 4) is 0 Å². The minimum absolute atomic E-state index is 0. The van der Waals surface area contributed by atoms with E-state index in [-0.39, 0.29) is 68.6 Å². The molecule has 0 fully saturated rings. The summed E-state index contributed by atoms with van der Waals surface area (Å²) in [5, 5.41) is 0. The molecule has 0 amide bonds. The van der Waals surface area contributed by atoms with E-state index in [4.69, 9.17) is 66.5 Å². The normalized spacial score (nSPS) is 12.1. The van der Waals surface area contributed by atoms with E-state index in [0.717, 1.165) is 17.8 Å². The number of rotatable bonds is 10. The van der Waals surface area contributed by atoms with Gasteiger partial charge in [0, 0.05) is 17.6 Å². The van der Waals surface area contributed by atoms with Crippen LogP contribution in [0.4, 0.5) is 0 Å². The molecule has 0 nitrogen and oxygen atoms in total. The van der Waals surface area contributed by atoms with Gasteiger partial charge >= 0.3 is 38.2 Å². The van der Waals surface area contributed by atoms with Crippen LogP contribution >= 0.6 is 66.5 Å². The summed E-state index contributed by atoms with van der Waals surface area (Å²) in [6.07, 6.45) is 15.1. The molecule has 177 valence electrons. The van der Waals surface area contributed by atoms with Crippen LogP contribution in [-0.4, -0.2) is 29.6 Å². The molecule has 0 aromatic carbocycles. The molecule has 0 N–H and O–H groups in total. The average Bonchev–Trinajstić information content (AvgIpc) is 3.08. The molecule has 0 heterocycles. The van der Waals surface area contributed by atoms with Gasteiger partial charge < -0.3 is 24.8 Å². The van der Waals surface area contributed by atoms with E-state index >= 15 is 0 Å². The van der Waals surface area contributed by atoms with E-state index in [9.17, 15) is 0 Å². The third-order valence-corrected chi connectivity index (χ3v) is 21.2. The second-order valence-electron chi connectivity index (χ2n) is 6.71. The number of halogens is 8. The summed E-state index contributed by atoms with van der Waals surface area (Å²) < 4.78 is 0. The van der Waals surface area contributed by atoms with Gasteiger partial charge in [-0.2, -0.15) is 6.08 Å². The maximum atomic E-state index is 5.80. The Kier molecular flexibility index (Phi) is 39.5. The number of hydrogen-bond donors (Lipinski definition) is 0. The molecule has 13 heteroatoms. The van der Waals surface area contributed by atoms with Crippen molar-refractivity contribution in [2.24, 2.45) is 0 Å². The van der Waals surface area contributed by atoms with Crippen molar-refractivity contribution in [1.82, 2.24) is 0 Å². The molecule has 1 rings (SSSR count). The maximum absolute atomic E-state index is 5.80. The summed E-state index contributed by atoms with van der Waals surface area (Å²) in [6.45, 7) is 8.91. The third kappa shape index (κ3) is 41.8. The first-order valence-corrected chi connectivity index (χ1v) is 24.7. The van der Waals surface area contributed by atoms with Gasteiger partial charge in [0.05, 0.1) is 0 Å². The Balaban J connectivity index is -0.000000104. The average molecular weight is 725 g/mol. The van der Waals surface area contributed by atoms with Crippen molar-refractivity contribution in [3.05, 3.63) is 24.3 Å². The molecule has 3 radical (unpaired) electrons. The molecule has 0 aromatic heterocycles. The van der Waals surface area contributed by atoms with Crippen molar-refractivity contribution < 1.29 is 51.0 Å². The molecule has 0 atom stereocenters. The second kappa shape index (κ2) is 27.1. The molecule has 0 unspecified atom stereocenters. The summed E-state index contributed by atoms with van der Waals surface area (Å²) in [6, 6.07) is -2.03. The zero-order valence-corrected chi connectivity index (χ0v) is 30.6. The Morgan fingerprint density at radius 2 is 1.17 bits per heavy atom. The molecule has 0 saturated carbocycles. The van der Waals surface area contributed by atoms with Crippen molar-refractivity contribution in [2.45, 2.75) is 82.5 Å². The van der Waals surface area contributed by atoms with Crippen LogP contribution in [0.1, 0.15) is 46.0 Å².